The zero-order valence-electron chi connectivity index (χ0n) is 6.39. The molecule has 10 heavy (non-hydrogen) atoms. The quantitative estimate of drug-likeness (QED) is 0.573. The van der Waals surface area contributed by atoms with Crippen molar-refractivity contribution in [3.05, 3.63) is 0 Å². The van der Waals surface area contributed by atoms with Gasteiger partial charge in [-0.3, -0.25) is 4.79 Å². The summed E-state index contributed by atoms with van der Waals surface area (Å²) < 4.78 is 5.31. The highest BCUT2D eigenvalue weighted by Crippen LogP contribution is 2.28. The molecule has 0 aromatic heterocycles. The minimum atomic E-state index is -0.245. The first-order valence-electron chi connectivity index (χ1n) is 3.44. The maximum atomic E-state index is 10.6. The van der Waals surface area contributed by atoms with Gasteiger partial charge in [0.05, 0.1) is 18.1 Å². The molecule has 1 heterocycles. The highest BCUT2D eigenvalue weighted by Gasteiger charge is 2.34. The molecule has 1 unspecified atom stereocenters. The van der Waals surface area contributed by atoms with Crippen LogP contribution in [0.2, 0.25) is 0 Å². The predicted molar refractivity (Wildman–Crippen MR) is 37.3 cm³/mol. The van der Waals surface area contributed by atoms with Gasteiger partial charge in [0.25, 0.3) is 0 Å². The van der Waals surface area contributed by atoms with E-state index in [0.29, 0.717) is 6.61 Å². The average Bonchev–Trinajstić information content (AvgIpc) is 2.10. The molecule has 3 heteroatoms. The first kappa shape index (κ1) is 7.54. The fourth-order valence-corrected chi connectivity index (χ4v) is 1.22. The molecule has 1 aliphatic rings. The molecule has 1 saturated heterocycles. The van der Waals surface area contributed by atoms with Gasteiger partial charge in [-0.25, -0.2) is 0 Å². The number of hydrogen-bond donors (Lipinski definition) is 1. The Labute approximate surface area is 60.5 Å². The third-order valence-electron chi connectivity index (χ3n) is 1.82. The van der Waals surface area contributed by atoms with Crippen molar-refractivity contribution < 1.29 is 9.53 Å². The minimum absolute atomic E-state index is 0.0741. The Kier molecular flexibility index (Phi) is 1.68. The number of nitrogens with two attached hydrogens (primary N) is 1. The fraction of sp³-hybridized carbons (Fsp3) is 0.857. The summed E-state index contributed by atoms with van der Waals surface area (Å²) in [7, 11) is 0. The Hall–Kier alpha value is -0.570. The van der Waals surface area contributed by atoms with Crippen LogP contribution in [0.4, 0.5) is 0 Å². The average molecular weight is 143 g/mol. The Balaban J connectivity index is 2.51. The highest BCUT2D eigenvalue weighted by atomic mass is 16.5. The number of ether oxygens (including phenoxy) is 1. The molecule has 1 amide bonds. The lowest BCUT2D eigenvalue weighted by Crippen LogP contribution is -2.24. The molecule has 0 aromatic rings. The van der Waals surface area contributed by atoms with E-state index in [2.05, 4.69) is 0 Å². The summed E-state index contributed by atoms with van der Waals surface area (Å²) in [6.07, 6.45) is 0.752. The van der Waals surface area contributed by atoms with Crippen LogP contribution in [0.3, 0.4) is 0 Å². The van der Waals surface area contributed by atoms with Crippen LogP contribution in [0.1, 0.15) is 20.3 Å². The van der Waals surface area contributed by atoms with Crippen LogP contribution in [0.5, 0.6) is 0 Å². The predicted octanol–water partition coefficient (Wildman–Crippen LogP) is 0.287. The molecule has 0 bridgehead atoms. The van der Waals surface area contributed by atoms with E-state index >= 15 is 0 Å². The van der Waals surface area contributed by atoms with Crippen LogP contribution in [0.15, 0.2) is 0 Å². The van der Waals surface area contributed by atoms with E-state index < -0.39 is 0 Å². The maximum absolute atomic E-state index is 10.6. The van der Waals surface area contributed by atoms with Crippen molar-refractivity contribution in [3.63, 3.8) is 0 Å². The van der Waals surface area contributed by atoms with Gasteiger partial charge in [0.2, 0.25) is 5.91 Å². The largest absolute Gasteiger partial charge is 0.375 e. The van der Waals surface area contributed by atoms with E-state index in [0.717, 1.165) is 6.42 Å². The molecule has 1 aliphatic heterocycles. The van der Waals surface area contributed by atoms with Gasteiger partial charge in [-0.15, -0.1) is 0 Å². The molecule has 0 aliphatic carbocycles. The molecule has 58 valence electrons. The van der Waals surface area contributed by atoms with Gasteiger partial charge < -0.3 is 10.5 Å². The summed E-state index contributed by atoms with van der Waals surface area (Å²) in [5, 5.41) is 0. The number of rotatable bonds is 1. The molecule has 1 fully saturated rings. The van der Waals surface area contributed by atoms with E-state index in [9.17, 15) is 4.79 Å². The molecular weight excluding hydrogens is 130 g/mol. The monoisotopic (exact) mass is 143 g/mol. The number of hydrogen-bond acceptors (Lipinski definition) is 2. The second kappa shape index (κ2) is 2.23. The second-order valence-electron chi connectivity index (χ2n) is 3.37. The van der Waals surface area contributed by atoms with Crippen LogP contribution >= 0.6 is 0 Å². The van der Waals surface area contributed by atoms with Crippen molar-refractivity contribution in [2.24, 2.45) is 11.7 Å². The van der Waals surface area contributed by atoms with Gasteiger partial charge in [-0.05, 0) is 20.3 Å². The van der Waals surface area contributed by atoms with Crippen molar-refractivity contribution >= 4 is 5.91 Å². The Morgan fingerprint density at radius 1 is 1.70 bits per heavy atom. The molecule has 1 rings (SSSR count). The van der Waals surface area contributed by atoms with Gasteiger partial charge in [0.15, 0.2) is 0 Å². The summed E-state index contributed by atoms with van der Waals surface area (Å²) in [4.78, 5) is 10.6. The lowest BCUT2D eigenvalue weighted by Gasteiger charge is -2.14. The first-order valence-corrected chi connectivity index (χ1v) is 3.44. The standard InChI is InChI=1S/C7H13NO2/c1-7(2)3-5(4-10-7)6(8)9/h5H,3-4H2,1-2H3,(H2,8,9). The summed E-state index contributed by atoms with van der Waals surface area (Å²) in [6, 6.07) is 0. The highest BCUT2D eigenvalue weighted by molar-refractivity contribution is 5.77. The summed E-state index contributed by atoms with van der Waals surface area (Å²) in [6.45, 7) is 4.42. The third-order valence-corrected chi connectivity index (χ3v) is 1.82. The Bertz CT molecular complexity index is 154. The second-order valence-corrected chi connectivity index (χ2v) is 3.37. The molecule has 2 N–H and O–H groups in total. The van der Waals surface area contributed by atoms with Crippen LogP contribution in [-0.2, 0) is 9.53 Å². The minimum Gasteiger partial charge on any atom is -0.375 e. The maximum Gasteiger partial charge on any atom is 0.222 e. The van der Waals surface area contributed by atoms with E-state index in [4.69, 9.17) is 10.5 Å². The van der Waals surface area contributed by atoms with Gasteiger partial charge in [-0.1, -0.05) is 0 Å². The van der Waals surface area contributed by atoms with Crippen molar-refractivity contribution in [2.75, 3.05) is 6.61 Å². The zero-order chi connectivity index (χ0) is 7.78. The van der Waals surface area contributed by atoms with Crippen LogP contribution < -0.4 is 5.73 Å². The van der Waals surface area contributed by atoms with Crippen LogP contribution in [-0.4, -0.2) is 18.1 Å². The smallest absolute Gasteiger partial charge is 0.222 e. The summed E-state index contributed by atoms with van der Waals surface area (Å²) >= 11 is 0. The van der Waals surface area contributed by atoms with E-state index in [1.165, 1.54) is 0 Å². The van der Waals surface area contributed by atoms with Crippen LogP contribution in [0, 0.1) is 5.92 Å². The molecule has 0 aromatic carbocycles. The molecule has 0 saturated carbocycles. The SMILES string of the molecule is CC1(C)CC(C(N)=O)CO1. The van der Waals surface area contributed by atoms with Gasteiger partial charge in [-0.2, -0.15) is 0 Å². The number of amides is 1. The van der Waals surface area contributed by atoms with Gasteiger partial charge >= 0.3 is 0 Å². The molecule has 3 nitrogen and oxygen atoms in total. The molecule has 0 radical (unpaired) electrons. The summed E-state index contributed by atoms with van der Waals surface area (Å²) in [5.74, 6) is -0.319. The molecular formula is C7H13NO2. The van der Waals surface area contributed by atoms with Crippen LogP contribution in [0.25, 0.3) is 0 Å². The number of carbonyl (C=O) groups excluding carboxylic acids is 1. The Morgan fingerprint density at radius 2 is 2.30 bits per heavy atom. The van der Waals surface area contributed by atoms with E-state index in [1.807, 2.05) is 13.8 Å². The fourth-order valence-electron chi connectivity index (χ4n) is 1.22. The zero-order valence-corrected chi connectivity index (χ0v) is 6.39. The molecule has 0 spiro atoms. The lowest BCUT2D eigenvalue weighted by atomic mass is 9.98. The van der Waals surface area contributed by atoms with Crippen molar-refractivity contribution in [1.29, 1.82) is 0 Å². The Morgan fingerprint density at radius 3 is 2.50 bits per heavy atom. The normalized spacial score (nSPS) is 30.4. The van der Waals surface area contributed by atoms with E-state index in [-0.39, 0.29) is 17.4 Å². The summed E-state index contributed by atoms with van der Waals surface area (Å²) in [5.41, 5.74) is 4.95. The van der Waals surface area contributed by atoms with Crippen molar-refractivity contribution in [2.45, 2.75) is 25.9 Å². The van der Waals surface area contributed by atoms with Crippen molar-refractivity contribution in [1.82, 2.24) is 0 Å². The third kappa shape index (κ3) is 1.48. The number of carbonyl (C=O) groups is 1. The van der Waals surface area contributed by atoms with E-state index in [1.54, 1.807) is 0 Å². The first-order chi connectivity index (χ1) is 4.51. The molecule has 1 atom stereocenters. The topological polar surface area (TPSA) is 52.3 Å². The van der Waals surface area contributed by atoms with Gasteiger partial charge in [0, 0.05) is 0 Å². The van der Waals surface area contributed by atoms with Crippen molar-refractivity contribution in [3.8, 4) is 0 Å². The van der Waals surface area contributed by atoms with Gasteiger partial charge in [0.1, 0.15) is 0 Å². The lowest BCUT2D eigenvalue weighted by molar-refractivity contribution is -0.121. The number of primary amides is 1.